The Bertz CT molecular complexity index is 946. The number of piperidine rings is 1. The van der Waals surface area contributed by atoms with E-state index in [4.69, 9.17) is 0 Å². The Morgan fingerprint density at radius 1 is 1.26 bits per heavy atom. The Morgan fingerprint density at radius 2 is 2.11 bits per heavy atom. The molecule has 27 heavy (non-hydrogen) atoms. The van der Waals surface area contributed by atoms with Crippen molar-refractivity contribution in [3.8, 4) is 0 Å². The Balaban J connectivity index is 1.58. The zero-order valence-corrected chi connectivity index (χ0v) is 15.0. The van der Waals surface area contributed by atoms with Crippen LogP contribution in [0.1, 0.15) is 33.7 Å². The van der Waals surface area contributed by atoms with Crippen LogP contribution in [-0.2, 0) is 11.3 Å². The van der Waals surface area contributed by atoms with E-state index in [9.17, 15) is 14.4 Å². The molecular formula is C20H22N4O3. The van der Waals surface area contributed by atoms with Crippen molar-refractivity contribution in [1.29, 1.82) is 0 Å². The van der Waals surface area contributed by atoms with E-state index in [1.807, 2.05) is 22.8 Å². The van der Waals surface area contributed by atoms with Crippen molar-refractivity contribution in [3.63, 3.8) is 0 Å². The zero-order valence-electron chi connectivity index (χ0n) is 15.0. The smallest absolute Gasteiger partial charge is 0.268 e. The molecule has 7 heteroatoms. The maximum atomic E-state index is 13.0. The number of hydrogen-bond acceptors (Lipinski definition) is 3. The van der Waals surface area contributed by atoms with E-state index in [-0.39, 0.29) is 23.8 Å². The van der Waals surface area contributed by atoms with Gasteiger partial charge in [-0.1, -0.05) is 12.6 Å². The predicted octanol–water partition coefficient (Wildman–Crippen LogP) is 1.29. The number of carbonyl (C=O) groups excluding carboxylic acids is 3. The number of rotatable bonds is 3. The van der Waals surface area contributed by atoms with Gasteiger partial charge in [-0.15, -0.1) is 0 Å². The molecule has 0 bridgehead atoms. The van der Waals surface area contributed by atoms with Gasteiger partial charge in [0.1, 0.15) is 5.69 Å². The number of aromatic nitrogens is 1. The number of hydrogen-bond donors (Lipinski definition) is 2. The Kier molecular flexibility index (Phi) is 4.43. The average molecular weight is 366 g/mol. The number of nitrogens with one attached hydrogen (secondary N) is 2. The average Bonchev–Trinajstić information content (AvgIpc) is 3.07. The Morgan fingerprint density at radius 3 is 2.93 bits per heavy atom. The molecule has 3 amide bonds. The summed E-state index contributed by atoms with van der Waals surface area (Å²) in [6, 6.07) is 7.37. The predicted molar refractivity (Wildman–Crippen MR) is 102 cm³/mol. The summed E-state index contributed by atoms with van der Waals surface area (Å²) >= 11 is 0. The third-order valence-corrected chi connectivity index (χ3v) is 5.25. The van der Waals surface area contributed by atoms with Crippen LogP contribution in [0.4, 0.5) is 0 Å². The maximum Gasteiger partial charge on any atom is 0.268 e. The Hall–Kier alpha value is -3.09. The van der Waals surface area contributed by atoms with Crippen molar-refractivity contribution in [3.05, 3.63) is 48.2 Å². The first-order valence-corrected chi connectivity index (χ1v) is 9.20. The highest BCUT2D eigenvalue weighted by atomic mass is 16.2. The second kappa shape index (κ2) is 6.90. The van der Waals surface area contributed by atoms with E-state index in [1.165, 1.54) is 6.08 Å². The van der Waals surface area contributed by atoms with Crippen molar-refractivity contribution in [2.45, 2.75) is 25.4 Å². The van der Waals surface area contributed by atoms with Crippen molar-refractivity contribution in [2.24, 2.45) is 0 Å². The van der Waals surface area contributed by atoms with Crippen molar-refractivity contribution in [1.82, 2.24) is 20.1 Å². The number of amides is 3. The van der Waals surface area contributed by atoms with Gasteiger partial charge in [-0.2, -0.15) is 0 Å². The van der Waals surface area contributed by atoms with Gasteiger partial charge in [0, 0.05) is 48.7 Å². The van der Waals surface area contributed by atoms with Gasteiger partial charge in [0.25, 0.3) is 11.8 Å². The molecule has 3 heterocycles. The van der Waals surface area contributed by atoms with Crippen LogP contribution in [0, 0.1) is 0 Å². The van der Waals surface area contributed by atoms with E-state index >= 15 is 0 Å². The first kappa shape index (κ1) is 17.3. The van der Waals surface area contributed by atoms with Crippen LogP contribution >= 0.6 is 0 Å². The van der Waals surface area contributed by atoms with E-state index in [1.54, 1.807) is 11.0 Å². The molecule has 1 unspecified atom stereocenters. The SMILES string of the molecule is C=CC(=O)NC1CCCN(C(=O)c2ccc3cc4n(c3c2)CCNC4=O)C1. The van der Waals surface area contributed by atoms with Crippen LogP contribution in [0.3, 0.4) is 0 Å². The molecule has 1 atom stereocenters. The minimum atomic E-state index is -0.214. The number of carbonyl (C=O) groups is 3. The van der Waals surface area contributed by atoms with E-state index in [0.717, 1.165) is 23.7 Å². The lowest BCUT2D eigenvalue weighted by Gasteiger charge is -2.33. The summed E-state index contributed by atoms with van der Waals surface area (Å²) in [6.45, 7) is 5.92. The van der Waals surface area contributed by atoms with Gasteiger partial charge in [-0.25, -0.2) is 0 Å². The molecule has 1 aromatic carbocycles. The highest BCUT2D eigenvalue weighted by molar-refractivity contribution is 6.02. The fourth-order valence-electron chi connectivity index (χ4n) is 3.91. The second-order valence-electron chi connectivity index (χ2n) is 7.01. The largest absolute Gasteiger partial charge is 0.349 e. The van der Waals surface area contributed by atoms with Crippen LogP contribution in [-0.4, -0.2) is 52.9 Å². The van der Waals surface area contributed by atoms with Crippen LogP contribution in [0.25, 0.3) is 10.9 Å². The van der Waals surface area contributed by atoms with E-state index in [2.05, 4.69) is 17.2 Å². The molecule has 140 valence electrons. The third kappa shape index (κ3) is 3.20. The van der Waals surface area contributed by atoms with Gasteiger partial charge in [0.2, 0.25) is 5.91 Å². The molecular weight excluding hydrogens is 344 g/mol. The molecule has 0 aliphatic carbocycles. The maximum absolute atomic E-state index is 13.0. The van der Waals surface area contributed by atoms with Gasteiger partial charge in [0.15, 0.2) is 0 Å². The quantitative estimate of drug-likeness (QED) is 0.803. The molecule has 4 rings (SSSR count). The second-order valence-corrected chi connectivity index (χ2v) is 7.01. The molecule has 2 aliphatic rings. The first-order chi connectivity index (χ1) is 13.1. The molecule has 0 spiro atoms. The molecule has 1 saturated heterocycles. The lowest BCUT2D eigenvalue weighted by atomic mass is 10.0. The molecule has 2 aliphatic heterocycles. The van der Waals surface area contributed by atoms with Gasteiger partial charge < -0.3 is 20.1 Å². The monoisotopic (exact) mass is 366 g/mol. The Labute approximate surface area is 157 Å². The zero-order chi connectivity index (χ0) is 19.0. The highest BCUT2D eigenvalue weighted by Crippen LogP contribution is 2.24. The lowest BCUT2D eigenvalue weighted by Crippen LogP contribution is -2.49. The van der Waals surface area contributed by atoms with E-state index in [0.29, 0.717) is 37.4 Å². The molecule has 1 aromatic heterocycles. The van der Waals surface area contributed by atoms with Crippen molar-refractivity contribution in [2.75, 3.05) is 19.6 Å². The normalized spacial score (nSPS) is 19.3. The van der Waals surface area contributed by atoms with Crippen LogP contribution in [0.5, 0.6) is 0 Å². The molecule has 0 saturated carbocycles. The first-order valence-electron chi connectivity index (χ1n) is 9.20. The molecule has 2 aromatic rings. The highest BCUT2D eigenvalue weighted by Gasteiger charge is 2.26. The molecule has 1 fully saturated rings. The van der Waals surface area contributed by atoms with Crippen LogP contribution in [0.15, 0.2) is 36.9 Å². The summed E-state index contributed by atoms with van der Waals surface area (Å²) in [5.41, 5.74) is 2.13. The third-order valence-electron chi connectivity index (χ3n) is 5.25. The summed E-state index contributed by atoms with van der Waals surface area (Å²) in [5, 5.41) is 6.67. The molecule has 7 nitrogen and oxygen atoms in total. The van der Waals surface area contributed by atoms with Gasteiger partial charge >= 0.3 is 0 Å². The van der Waals surface area contributed by atoms with Crippen molar-refractivity contribution < 1.29 is 14.4 Å². The summed E-state index contributed by atoms with van der Waals surface area (Å²) in [6.07, 6.45) is 2.95. The number of fused-ring (bicyclic) bond motifs is 3. The number of nitrogens with zero attached hydrogens (tertiary/aromatic N) is 2. The number of likely N-dealkylation sites (tertiary alicyclic amines) is 1. The standard InChI is InChI=1S/C20H22N4O3/c1-2-18(25)22-15-4-3-8-23(12-15)20(27)14-6-5-13-10-17-19(26)21-7-9-24(17)16(13)11-14/h2,5-6,10-11,15H,1,3-4,7-9,12H2,(H,21,26)(H,22,25). The fraction of sp³-hybridized carbons (Fsp3) is 0.350. The van der Waals surface area contributed by atoms with Crippen molar-refractivity contribution >= 4 is 28.6 Å². The fourth-order valence-corrected chi connectivity index (χ4v) is 3.91. The summed E-state index contributed by atoms with van der Waals surface area (Å²) < 4.78 is 1.97. The van der Waals surface area contributed by atoms with Crippen LogP contribution < -0.4 is 10.6 Å². The topological polar surface area (TPSA) is 83.4 Å². The molecule has 0 radical (unpaired) electrons. The molecule has 2 N–H and O–H groups in total. The van der Waals surface area contributed by atoms with Crippen LogP contribution in [0.2, 0.25) is 0 Å². The van der Waals surface area contributed by atoms with E-state index < -0.39 is 0 Å². The summed E-state index contributed by atoms with van der Waals surface area (Å²) in [7, 11) is 0. The summed E-state index contributed by atoms with van der Waals surface area (Å²) in [5.74, 6) is -0.346. The summed E-state index contributed by atoms with van der Waals surface area (Å²) in [4.78, 5) is 38.3. The minimum absolute atomic E-state index is 0.0507. The van der Waals surface area contributed by atoms with Gasteiger partial charge in [0.05, 0.1) is 0 Å². The minimum Gasteiger partial charge on any atom is -0.349 e. The van der Waals surface area contributed by atoms with Gasteiger partial charge in [-0.05, 0) is 37.1 Å². The lowest BCUT2D eigenvalue weighted by molar-refractivity contribution is -0.117. The van der Waals surface area contributed by atoms with Gasteiger partial charge in [-0.3, -0.25) is 14.4 Å². The number of benzene rings is 1.